The third-order valence-corrected chi connectivity index (χ3v) is 3.71. The topological polar surface area (TPSA) is 71.2 Å². The maximum absolute atomic E-state index is 8.67. The first-order valence-corrected chi connectivity index (χ1v) is 6.52. The maximum Gasteiger partial charge on any atom is 0.206 e. The summed E-state index contributed by atoms with van der Waals surface area (Å²) in [5.74, 6) is 1.51. The van der Waals surface area contributed by atoms with Gasteiger partial charge in [-0.05, 0) is 12.1 Å². The molecule has 0 saturated carbocycles. The number of rotatable bonds is 6. The molecule has 2 rings (SSSR count). The molecular weight excluding hydrogens is 246 g/mol. The van der Waals surface area contributed by atoms with Crippen LogP contribution in [0.4, 0.5) is 5.13 Å². The Morgan fingerprint density at radius 1 is 1.50 bits per heavy atom. The van der Waals surface area contributed by atoms with Crippen LogP contribution in [0.3, 0.4) is 0 Å². The molecule has 2 N–H and O–H groups in total. The van der Waals surface area contributed by atoms with Crippen molar-refractivity contribution < 1.29 is 9.52 Å². The molecule has 0 saturated heterocycles. The zero-order valence-electron chi connectivity index (χ0n) is 8.42. The fraction of sp³-hybridized carbons (Fsp3) is 0.333. The van der Waals surface area contributed by atoms with E-state index in [1.807, 2.05) is 12.1 Å². The minimum absolute atomic E-state index is 0.152. The van der Waals surface area contributed by atoms with E-state index in [4.69, 9.17) is 9.52 Å². The van der Waals surface area contributed by atoms with Gasteiger partial charge in [0, 0.05) is 5.75 Å². The van der Waals surface area contributed by atoms with E-state index in [1.54, 1.807) is 6.26 Å². The number of hydrogen-bond acceptors (Lipinski definition) is 7. The van der Waals surface area contributed by atoms with Crippen LogP contribution >= 0.6 is 23.1 Å². The van der Waals surface area contributed by atoms with Crippen LogP contribution in [-0.4, -0.2) is 27.7 Å². The van der Waals surface area contributed by atoms with Crippen LogP contribution < -0.4 is 5.32 Å². The molecule has 5 nitrogen and oxygen atoms in total. The first kappa shape index (κ1) is 11.4. The van der Waals surface area contributed by atoms with Crippen LogP contribution in [0.5, 0.6) is 0 Å². The molecule has 0 aliphatic rings. The Balaban J connectivity index is 1.83. The third-order valence-electron chi connectivity index (χ3n) is 1.72. The quantitative estimate of drug-likeness (QED) is 0.769. The molecule has 0 atom stereocenters. The van der Waals surface area contributed by atoms with Gasteiger partial charge in [-0.1, -0.05) is 23.1 Å². The van der Waals surface area contributed by atoms with Crippen molar-refractivity contribution in [1.82, 2.24) is 10.2 Å². The van der Waals surface area contributed by atoms with Crippen molar-refractivity contribution >= 4 is 28.2 Å². The fourth-order valence-electron chi connectivity index (χ4n) is 1.05. The van der Waals surface area contributed by atoms with Crippen molar-refractivity contribution in [3.05, 3.63) is 24.2 Å². The van der Waals surface area contributed by atoms with Gasteiger partial charge in [-0.15, -0.1) is 10.2 Å². The molecule has 16 heavy (non-hydrogen) atoms. The number of nitrogens with zero attached hydrogens (tertiary/aromatic N) is 2. The summed E-state index contributed by atoms with van der Waals surface area (Å²) in [5.41, 5.74) is 0. The second kappa shape index (κ2) is 5.88. The van der Waals surface area contributed by atoms with Crippen LogP contribution in [0.1, 0.15) is 5.76 Å². The number of nitrogens with one attached hydrogen (secondary N) is 1. The molecule has 2 aromatic rings. The number of hydrogen-bond donors (Lipinski definition) is 2. The molecule has 0 aliphatic carbocycles. The Hall–Kier alpha value is -1.05. The van der Waals surface area contributed by atoms with Gasteiger partial charge >= 0.3 is 0 Å². The molecule has 86 valence electrons. The predicted molar refractivity (Wildman–Crippen MR) is 63.8 cm³/mol. The lowest BCUT2D eigenvalue weighted by Crippen LogP contribution is -1.96. The van der Waals surface area contributed by atoms with Crippen molar-refractivity contribution in [3.63, 3.8) is 0 Å². The Morgan fingerprint density at radius 3 is 3.19 bits per heavy atom. The van der Waals surface area contributed by atoms with Crippen LogP contribution in [0.25, 0.3) is 0 Å². The van der Waals surface area contributed by atoms with E-state index in [2.05, 4.69) is 15.5 Å². The van der Waals surface area contributed by atoms with Gasteiger partial charge in [0.2, 0.25) is 5.13 Å². The van der Waals surface area contributed by atoms with E-state index in [0.717, 1.165) is 15.2 Å². The predicted octanol–water partition coefficient (Wildman–Crippen LogP) is 1.83. The minimum atomic E-state index is 0.152. The molecule has 7 heteroatoms. The maximum atomic E-state index is 8.67. The summed E-state index contributed by atoms with van der Waals surface area (Å²) in [6.07, 6.45) is 1.64. The summed E-state index contributed by atoms with van der Waals surface area (Å²) in [6, 6.07) is 3.75. The largest absolute Gasteiger partial charge is 0.467 e. The van der Waals surface area contributed by atoms with Crippen LogP contribution in [-0.2, 0) is 6.54 Å². The zero-order chi connectivity index (χ0) is 11.2. The molecule has 0 amide bonds. The number of aliphatic hydroxyl groups is 1. The van der Waals surface area contributed by atoms with Gasteiger partial charge in [0.15, 0.2) is 4.34 Å². The van der Waals surface area contributed by atoms with Crippen molar-refractivity contribution in [2.75, 3.05) is 17.7 Å². The first-order valence-electron chi connectivity index (χ1n) is 4.72. The number of aliphatic hydroxyl groups excluding tert-OH is 1. The monoisotopic (exact) mass is 257 g/mol. The molecule has 0 fully saturated rings. The van der Waals surface area contributed by atoms with Gasteiger partial charge in [-0.25, -0.2) is 0 Å². The average molecular weight is 257 g/mol. The van der Waals surface area contributed by atoms with Crippen LogP contribution in [0.2, 0.25) is 0 Å². The van der Waals surface area contributed by atoms with Crippen molar-refractivity contribution in [1.29, 1.82) is 0 Å². The SMILES string of the molecule is OCCSc1nnc(NCc2ccco2)s1. The summed E-state index contributed by atoms with van der Waals surface area (Å²) >= 11 is 2.97. The molecule has 0 spiro atoms. The number of furan rings is 1. The highest BCUT2D eigenvalue weighted by molar-refractivity contribution is 8.01. The molecular formula is C9H11N3O2S2. The van der Waals surface area contributed by atoms with E-state index in [1.165, 1.54) is 23.1 Å². The van der Waals surface area contributed by atoms with Crippen molar-refractivity contribution in [2.24, 2.45) is 0 Å². The van der Waals surface area contributed by atoms with E-state index < -0.39 is 0 Å². The Morgan fingerprint density at radius 2 is 2.44 bits per heavy atom. The summed E-state index contributed by atoms with van der Waals surface area (Å²) < 4.78 is 6.04. The molecule has 2 heterocycles. The van der Waals surface area contributed by atoms with Gasteiger partial charge < -0.3 is 14.8 Å². The van der Waals surface area contributed by atoms with E-state index >= 15 is 0 Å². The number of thioether (sulfide) groups is 1. The summed E-state index contributed by atoms with van der Waals surface area (Å²) in [5, 5.41) is 20.5. The molecule has 0 bridgehead atoms. The lowest BCUT2D eigenvalue weighted by atomic mass is 10.4. The Labute approximate surface area is 101 Å². The number of anilines is 1. The molecule has 2 aromatic heterocycles. The second-order valence-corrected chi connectivity index (χ2v) is 5.20. The molecule has 0 unspecified atom stereocenters. The van der Waals surface area contributed by atoms with Gasteiger partial charge in [0.05, 0.1) is 19.4 Å². The van der Waals surface area contributed by atoms with Crippen molar-refractivity contribution in [3.8, 4) is 0 Å². The zero-order valence-corrected chi connectivity index (χ0v) is 10.1. The van der Waals surface area contributed by atoms with Crippen LogP contribution in [0, 0.1) is 0 Å². The Bertz CT molecular complexity index is 416. The highest BCUT2D eigenvalue weighted by Gasteiger charge is 2.04. The Kier molecular flexibility index (Phi) is 4.20. The molecule has 0 aromatic carbocycles. The van der Waals surface area contributed by atoms with Gasteiger partial charge in [0.25, 0.3) is 0 Å². The lowest BCUT2D eigenvalue weighted by Gasteiger charge is -1.96. The molecule has 0 aliphatic heterocycles. The first-order chi connectivity index (χ1) is 7.88. The third kappa shape index (κ3) is 3.22. The summed E-state index contributed by atoms with van der Waals surface area (Å²) in [7, 11) is 0. The lowest BCUT2D eigenvalue weighted by molar-refractivity contribution is 0.322. The van der Waals surface area contributed by atoms with Gasteiger partial charge in [-0.2, -0.15) is 0 Å². The fourth-order valence-corrected chi connectivity index (χ4v) is 2.61. The van der Waals surface area contributed by atoms with E-state index in [0.29, 0.717) is 12.3 Å². The van der Waals surface area contributed by atoms with Crippen molar-refractivity contribution in [2.45, 2.75) is 10.9 Å². The van der Waals surface area contributed by atoms with E-state index in [9.17, 15) is 0 Å². The van der Waals surface area contributed by atoms with Gasteiger partial charge in [0.1, 0.15) is 5.76 Å². The average Bonchev–Trinajstić information content (AvgIpc) is 2.95. The standard InChI is InChI=1S/C9H11N3O2S2/c13-3-5-15-9-12-11-8(16-9)10-6-7-2-1-4-14-7/h1-2,4,13H,3,5-6H2,(H,10,11). The van der Waals surface area contributed by atoms with Crippen LogP contribution in [0.15, 0.2) is 27.2 Å². The smallest absolute Gasteiger partial charge is 0.206 e. The summed E-state index contributed by atoms with van der Waals surface area (Å²) in [4.78, 5) is 0. The molecule has 0 radical (unpaired) electrons. The number of aromatic nitrogens is 2. The second-order valence-electron chi connectivity index (χ2n) is 2.88. The minimum Gasteiger partial charge on any atom is -0.467 e. The highest BCUT2D eigenvalue weighted by Crippen LogP contribution is 2.25. The summed E-state index contributed by atoms with van der Waals surface area (Å²) in [6.45, 7) is 0.756. The van der Waals surface area contributed by atoms with E-state index in [-0.39, 0.29) is 6.61 Å². The highest BCUT2D eigenvalue weighted by atomic mass is 32.2. The van der Waals surface area contributed by atoms with Gasteiger partial charge in [-0.3, -0.25) is 0 Å². The normalized spacial score (nSPS) is 10.6.